The highest BCUT2D eigenvalue weighted by atomic mass is 16.5. The molecule has 1 aliphatic rings. The molecule has 2 rings (SSSR count). The lowest BCUT2D eigenvalue weighted by Gasteiger charge is -2.32. The van der Waals surface area contributed by atoms with E-state index in [1.165, 1.54) is 24.8 Å². The maximum atomic E-state index is 12.4. The lowest BCUT2D eigenvalue weighted by molar-refractivity contribution is -0.132. The molecule has 1 aliphatic carbocycles. The van der Waals surface area contributed by atoms with E-state index < -0.39 is 0 Å². The molecule has 0 radical (unpaired) electrons. The number of nitrogens with one attached hydrogen (secondary N) is 1. The standard InChI is InChI=1S/C17H26N2O2/c1-21-11-10-18-12-17(20)19(14-16-8-5-9-16)13-15-6-3-2-4-7-15/h2-4,6-7,16,18H,5,8-14H2,1H3. The molecule has 1 N–H and O–H groups in total. The fraction of sp³-hybridized carbons (Fsp3) is 0.588. The van der Waals surface area contributed by atoms with E-state index in [0.717, 1.165) is 6.54 Å². The second-order valence-corrected chi connectivity index (χ2v) is 5.73. The van der Waals surface area contributed by atoms with Gasteiger partial charge in [0.25, 0.3) is 0 Å². The van der Waals surface area contributed by atoms with Gasteiger partial charge in [0, 0.05) is 26.7 Å². The fourth-order valence-corrected chi connectivity index (χ4v) is 2.53. The van der Waals surface area contributed by atoms with Crippen LogP contribution in [0.15, 0.2) is 30.3 Å². The molecular formula is C17H26N2O2. The van der Waals surface area contributed by atoms with Gasteiger partial charge in [0.1, 0.15) is 0 Å². The largest absolute Gasteiger partial charge is 0.383 e. The van der Waals surface area contributed by atoms with Crippen molar-refractivity contribution >= 4 is 5.91 Å². The van der Waals surface area contributed by atoms with Crippen molar-refractivity contribution in [1.29, 1.82) is 0 Å². The van der Waals surface area contributed by atoms with E-state index in [1.54, 1.807) is 7.11 Å². The van der Waals surface area contributed by atoms with Gasteiger partial charge in [-0.2, -0.15) is 0 Å². The summed E-state index contributed by atoms with van der Waals surface area (Å²) in [5, 5.41) is 3.15. The second kappa shape index (κ2) is 8.80. The molecule has 1 aromatic carbocycles. The number of rotatable bonds is 9. The third kappa shape index (κ3) is 5.48. The van der Waals surface area contributed by atoms with Crippen LogP contribution in [-0.2, 0) is 16.1 Å². The lowest BCUT2D eigenvalue weighted by atomic mass is 9.85. The third-order valence-electron chi connectivity index (χ3n) is 4.03. The fourth-order valence-electron chi connectivity index (χ4n) is 2.53. The molecule has 116 valence electrons. The van der Waals surface area contributed by atoms with Gasteiger partial charge < -0.3 is 15.0 Å². The van der Waals surface area contributed by atoms with E-state index in [-0.39, 0.29) is 5.91 Å². The minimum Gasteiger partial charge on any atom is -0.383 e. The summed E-state index contributed by atoms with van der Waals surface area (Å²) in [6.45, 7) is 3.34. The topological polar surface area (TPSA) is 41.6 Å². The number of hydrogen-bond donors (Lipinski definition) is 1. The number of nitrogens with zero attached hydrogens (tertiary/aromatic N) is 1. The molecule has 0 aliphatic heterocycles. The van der Waals surface area contributed by atoms with E-state index in [2.05, 4.69) is 17.4 Å². The van der Waals surface area contributed by atoms with Crippen LogP contribution in [-0.4, -0.2) is 44.2 Å². The van der Waals surface area contributed by atoms with E-state index >= 15 is 0 Å². The first-order chi connectivity index (χ1) is 10.3. The van der Waals surface area contributed by atoms with E-state index in [9.17, 15) is 4.79 Å². The number of carbonyl (C=O) groups is 1. The highest BCUT2D eigenvalue weighted by Crippen LogP contribution is 2.27. The molecule has 0 heterocycles. The third-order valence-corrected chi connectivity index (χ3v) is 4.03. The van der Waals surface area contributed by atoms with Crippen LogP contribution < -0.4 is 5.32 Å². The lowest BCUT2D eigenvalue weighted by Crippen LogP contribution is -2.42. The summed E-state index contributed by atoms with van der Waals surface area (Å²) in [5.74, 6) is 0.874. The van der Waals surface area contributed by atoms with Gasteiger partial charge in [-0.25, -0.2) is 0 Å². The molecule has 4 nitrogen and oxygen atoms in total. The Labute approximate surface area is 127 Å². The SMILES string of the molecule is COCCNCC(=O)N(Cc1ccccc1)CC1CCC1. The maximum Gasteiger partial charge on any atom is 0.236 e. The molecule has 0 saturated heterocycles. The van der Waals surface area contributed by atoms with Crippen molar-refractivity contribution in [1.82, 2.24) is 10.2 Å². The van der Waals surface area contributed by atoms with Crippen LogP contribution in [0.1, 0.15) is 24.8 Å². The van der Waals surface area contributed by atoms with E-state index in [4.69, 9.17) is 4.74 Å². The molecule has 0 unspecified atom stereocenters. The Balaban J connectivity index is 1.86. The summed E-state index contributed by atoms with van der Waals surface area (Å²) < 4.78 is 4.98. The summed E-state index contributed by atoms with van der Waals surface area (Å²) in [7, 11) is 1.67. The van der Waals surface area contributed by atoms with Crippen molar-refractivity contribution in [2.24, 2.45) is 5.92 Å². The van der Waals surface area contributed by atoms with Gasteiger partial charge in [-0.1, -0.05) is 36.8 Å². The molecule has 4 heteroatoms. The number of methoxy groups -OCH3 is 1. The molecule has 1 amide bonds. The van der Waals surface area contributed by atoms with Gasteiger partial charge in [0.15, 0.2) is 0 Å². The van der Waals surface area contributed by atoms with Crippen molar-refractivity contribution < 1.29 is 9.53 Å². The highest BCUT2D eigenvalue weighted by Gasteiger charge is 2.23. The average molecular weight is 290 g/mol. The van der Waals surface area contributed by atoms with E-state index in [0.29, 0.717) is 32.2 Å². The van der Waals surface area contributed by atoms with Crippen LogP contribution >= 0.6 is 0 Å². The van der Waals surface area contributed by atoms with Crippen LogP contribution in [0.4, 0.5) is 0 Å². The Bertz CT molecular complexity index is 418. The molecule has 1 aromatic rings. The van der Waals surface area contributed by atoms with Crippen molar-refractivity contribution in [3.05, 3.63) is 35.9 Å². The molecule has 21 heavy (non-hydrogen) atoms. The zero-order valence-electron chi connectivity index (χ0n) is 12.9. The minimum absolute atomic E-state index is 0.182. The summed E-state index contributed by atoms with van der Waals surface area (Å²) in [6.07, 6.45) is 3.83. The molecule has 1 saturated carbocycles. The van der Waals surface area contributed by atoms with Crippen molar-refractivity contribution in [2.45, 2.75) is 25.8 Å². The van der Waals surface area contributed by atoms with Crippen LogP contribution in [0, 0.1) is 5.92 Å². The zero-order chi connectivity index (χ0) is 14.9. The Morgan fingerprint density at radius 3 is 2.71 bits per heavy atom. The number of ether oxygens (including phenoxy) is 1. The predicted molar refractivity (Wildman–Crippen MR) is 83.9 cm³/mol. The van der Waals surface area contributed by atoms with E-state index in [1.807, 2.05) is 23.1 Å². The Morgan fingerprint density at radius 2 is 2.10 bits per heavy atom. The maximum absolute atomic E-state index is 12.4. The summed E-state index contributed by atoms with van der Waals surface area (Å²) in [4.78, 5) is 14.4. The van der Waals surface area contributed by atoms with Crippen molar-refractivity contribution in [2.75, 3.05) is 33.4 Å². The van der Waals surface area contributed by atoms with Gasteiger partial charge in [-0.05, 0) is 24.3 Å². The molecule has 0 bridgehead atoms. The molecule has 0 aromatic heterocycles. The predicted octanol–water partition coefficient (Wildman–Crippen LogP) is 2.05. The zero-order valence-corrected chi connectivity index (χ0v) is 12.9. The summed E-state index contributed by atoms with van der Waals surface area (Å²) in [5.41, 5.74) is 1.20. The van der Waals surface area contributed by atoms with Gasteiger partial charge in [0.2, 0.25) is 5.91 Å². The van der Waals surface area contributed by atoms with Crippen LogP contribution in [0.3, 0.4) is 0 Å². The van der Waals surface area contributed by atoms with Crippen LogP contribution in [0.2, 0.25) is 0 Å². The Morgan fingerprint density at radius 1 is 1.33 bits per heavy atom. The highest BCUT2D eigenvalue weighted by molar-refractivity contribution is 5.78. The summed E-state index contributed by atoms with van der Waals surface area (Å²) in [6, 6.07) is 10.2. The molecule has 0 spiro atoms. The minimum atomic E-state index is 0.182. The van der Waals surface area contributed by atoms with Gasteiger partial charge in [-0.15, -0.1) is 0 Å². The van der Waals surface area contributed by atoms with Gasteiger partial charge >= 0.3 is 0 Å². The number of carbonyl (C=O) groups excluding carboxylic acids is 1. The van der Waals surface area contributed by atoms with Gasteiger partial charge in [0.05, 0.1) is 13.2 Å². The second-order valence-electron chi connectivity index (χ2n) is 5.73. The Kier molecular flexibility index (Phi) is 6.70. The number of benzene rings is 1. The first-order valence-electron chi connectivity index (χ1n) is 7.81. The smallest absolute Gasteiger partial charge is 0.236 e. The molecule has 1 fully saturated rings. The summed E-state index contributed by atoms with van der Waals surface area (Å²) >= 11 is 0. The van der Waals surface area contributed by atoms with Crippen molar-refractivity contribution in [3.8, 4) is 0 Å². The van der Waals surface area contributed by atoms with Crippen LogP contribution in [0.5, 0.6) is 0 Å². The first kappa shape index (κ1) is 16.0. The monoisotopic (exact) mass is 290 g/mol. The van der Waals surface area contributed by atoms with Crippen molar-refractivity contribution in [3.63, 3.8) is 0 Å². The molecule has 0 atom stereocenters. The molecular weight excluding hydrogens is 264 g/mol. The quantitative estimate of drug-likeness (QED) is 0.708. The normalized spacial score (nSPS) is 14.7. The van der Waals surface area contributed by atoms with Crippen LogP contribution in [0.25, 0.3) is 0 Å². The van der Waals surface area contributed by atoms with Gasteiger partial charge in [-0.3, -0.25) is 4.79 Å². The first-order valence-corrected chi connectivity index (χ1v) is 7.81. The number of amides is 1. The average Bonchev–Trinajstić information content (AvgIpc) is 2.47. The number of hydrogen-bond acceptors (Lipinski definition) is 3. The Hall–Kier alpha value is -1.39.